The van der Waals surface area contributed by atoms with Crippen molar-refractivity contribution in [3.63, 3.8) is 0 Å². The molecule has 0 atom stereocenters. The molecule has 1 amide bonds. The van der Waals surface area contributed by atoms with E-state index in [2.05, 4.69) is 0 Å². The van der Waals surface area contributed by atoms with E-state index in [9.17, 15) is 27.9 Å². The van der Waals surface area contributed by atoms with Gasteiger partial charge in [0, 0.05) is 12.1 Å². The monoisotopic (exact) mass is 455 g/mol. The number of hydrogen-bond acceptors (Lipinski definition) is 2. The highest BCUT2D eigenvalue weighted by atomic mass is 19.4. The summed E-state index contributed by atoms with van der Waals surface area (Å²) in [4.78, 5) is 25.8. The first-order valence-corrected chi connectivity index (χ1v) is 10.6. The van der Waals surface area contributed by atoms with Gasteiger partial charge in [0.2, 0.25) is 5.91 Å². The third kappa shape index (κ3) is 6.00. The Hall–Kier alpha value is -3.61. The van der Waals surface area contributed by atoms with Gasteiger partial charge >= 0.3 is 12.1 Å². The molecular formula is C26H24F3NO3. The Morgan fingerprint density at radius 2 is 1.55 bits per heavy atom. The Bertz CT molecular complexity index is 1110. The summed E-state index contributed by atoms with van der Waals surface area (Å²) >= 11 is 0. The zero-order valence-corrected chi connectivity index (χ0v) is 18.1. The summed E-state index contributed by atoms with van der Waals surface area (Å²) in [5.41, 5.74) is 1.88. The predicted molar refractivity (Wildman–Crippen MR) is 121 cm³/mol. The second-order valence-electron chi connectivity index (χ2n) is 7.68. The fourth-order valence-corrected chi connectivity index (χ4v) is 3.51. The van der Waals surface area contributed by atoms with Crippen molar-refractivity contribution >= 4 is 17.6 Å². The van der Waals surface area contributed by atoms with Crippen LogP contribution in [0.15, 0.2) is 72.8 Å². The SMILES string of the molecule is CCCCC(=O)N(Cc1ccc(-c2ccccc2C(=O)O)cc1)c1ccc(C(F)(F)F)cc1. The van der Waals surface area contributed by atoms with E-state index in [1.54, 1.807) is 42.5 Å². The molecule has 0 bridgehead atoms. The fourth-order valence-electron chi connectivity index (χ4n) is 3.51. The van der Waals surface area contributed by atoms with E-state index in [-0.39, 0.29) is 18.0 Å². The van der Waals surface area contributed by atoms with Crippen LogP contribution >= 0.6 is 0 Å². The van der Waals surface area contributed by atoms with Crippen LogP contribution in [0.25, 0.3) is 11.1 Å². The highest BCUT2D eigenvalue weighted by Crippen LogP contribution is 2.31. The van der Waals surface area contributed by atoms with E-state index in [0.29, 0.717) is 24.1 Å². The zero-order valence-electron chi connectivity index (χ0n) is 18.1. The molecule has 0 aliphatic carbocycles. The van der Waals surface area contributed by atoms with Crippen molar-refractivity contribution in [2.24, 2.45) is 0 Å². The molecule has 0 saturated heterocycles. The number of unbranched alkanes of at least 4 members (excludes halogenated alkanes) is 1. The van der Waals surface area contributed by atoms with E-state index >= 15 is 0 Å². The van der Waals surface area contributed by atoms with Gasteiger partial charge in [0.25, 0.3) is 0 Å². The van der Waals surface area contributed by atoms with Crippen molar-refractivity contribution in [2.75, 3.05) is 4.90 Å². The highest BCUT2D eigenvalue weighted by Gasteiger charge is 2.30. The maximum atomic E-state index is 12.9. The van der Waals surface area contributed by atoms with Gasteiger partial charge in [-0.2, -0.15) is 13.2 Å². The number of carboxylic acids is 1. The Kier molecular flexibility index (Phi) is 7.53. The Morgan fingerprint density at radius 3 is 2.12 bits per heavy atom. The minimum atomic E-state index is -4.45. The number of carbonyl (C=O) groups excluding carboxylic acids is 1. The number of anilines is 1. The van der Waals surface area contributed by atoms with Gasteiger partial charge in [0.1, 0.15) is 0 Å². The molecule has 0 heterocycles. The van der Waals surface area contributed by atoms with Crippen molar-refractivity contribution in [1.82, 2.24) is 0 Å². The summed E-state index contributed by atoms with van der Waals surface area (Å²) in [6, 6.07) is 18.4. The molecule has 33 heavy (non-hydrogen) atoms. The number of rotatable bonds is 8. The van der Waals surface area contributed by atoms with E-state index in [0.717, 1.165) is 29.7 Å². The number of hydrogen-bond donors (Lipinski definition) is 1. The van der Waals surface area contributed by atoms with E-state index in [1.807, 2.05) is 6.92 Å². The zero-order chi connectivity index (χ0) is 24.0. The predicted octanol–water partition coefficient (Wildman–Crippen LogP) is 6.79. The summed E-state index contributed by atoms with van der Waals surface area (Å²) < 4.78 is 38.8. The van der Waals surface area contributed by atoms with Gasteiger partial charge in [-0.1, -0.05) is 55.8 Å². The van der Waals surface area contributed by atoms with Crippen molar-refractivity contribution in [2.45, 2.75) is 38.9 Å². The average molecular weight is 455 g/mol. The lowest BCUT2D eigenvalue weighted by molar-refractivity contribution is -0.137. The molecule has 3 rings (SSSR count). The first-order chi connectivity index (χ1) is 15.7. The fraction of sp³-hybridized carbons (Fsp3) is 0.231. The lowest BCUT2D eigenvalue weighted by Crippen LogP contribution is -2.30. The summed E-state index contributed by atoms with van der Waals surface area (Å²) in [5, 5.41) is 9.41. The maximum Gasteiger partial charge on any atom is 0.416 e. The lowest BCUT2D eigenvalue weighted by atomic mass is 9.98. The molecule has 172 valence electrons. The second-order valence-corrected chi connectivity index (χ2v) is 7.68. The quantitative estimate of drug-likeness (QED) is 0.407. The minimum absolute atomic E-state index is 0.170. The molecule has 0 aliphatic heterocycles. The molecule has 3 aromatic rings. The normalized spacial score (nSPS) is 11.3. The molecule has 0 radical (unpaired) electrons. The van der Waals surface area contributed by atoms with Gasteiger partial charge in [-0.25, -0.2) is 4.79 Å². The van der Waals surface area contributed by atoms with Gasteiger partial charge in [-0.05, 0) is 53.4 Å². The first-order valence-electron chi connectivity index (χ1n) is 10.6. The van der Waals surface area contributed by atoms with E-state index in [1.165, 1.54) is 23.1 Å². The number of amides is 1. The minimum Gasteiger partial charge on any atom is -0.478 e. The van der Waals surface area contributed by atoms with Crippen LogP contribution in [0.1, 0.15) is 47.7 Å². The highest BCUT2D eigenvalue weighted by molar-refractivity contribution is 5.96. The van der Waals surface area contributed by atoms with Crippen molar-refractivity contribution in [3.05, 3.63) is 89.5 Å². The van der Waals surface area contributed by atoms with Gasteiger partial charge in [0.05, 0.1) is 17.7 Å². The third-order valence-corrected chi connectivity index (χ3v) is 5.31. The van der Waals surface area contributed by atoms with Crippen molar-refractivity contribution < 1.29 is 27.9 Å². The lowest BCUT2D eigenvalue weighted by Gasteiger charge is -2.24. The molecule has 1 N–H and O–H groups in total. The standard InChI is InChI=1S/C26H24F3NO3/c1-2-3-8-24(31)30(21-15-13-20(14-16-21)26(27,28)29)17-18-9-11-19(12-10-18)22-6-4-5-7-23(22)25(32)33/h4-7,9-16H,2-3,8,17H2,1H3,(H,32,33). The van der Waals surface area contributed by atoms with E-state index in [4.69, 9.17) is 0 Å². The number of nitrogens with zero attached hydrogens (tertiary/aromatic N) is 1. The maximum absolute atomic E-state index is 12.9. The van der Waals surface area contributed by atoms with Gasteiger partial charge < -0.3 is 10.0 Å². The van der Waals surface area contributed by atoms with Crippen molar-refractivity contribution in [1.29, 1.82) is 0 Å². The van der Waals surface area contributed by atoms with Crippen LogP contribution in [0.3, 0.4) is 0 Å². The summed E-state index contributed by atoms with van der Waals surface area (Å²) in [7, 11) is 0. The number of alkyl halides is 3. The molecule has 0 spiro atoms. The van der Waals surface area contributed by atoms with Crippen molar-refractivity contribution in [3.8, 4) is 11.1 Å². The van der Waals surface area contributed by atoms with Crippen LogP contribution in [-0.2, 0) is 17.5 Å². The summed E-state index contributed by atoms with van der Waals surface area (Å²) in [6.45, 7) is 2.15. The molecule has 0 unspecified atom stereocenters. The molecule has 0 fully saturated rings. The number of benzene rings is 3. The summed E-state index contributed by atoms with van der Waals surface area (Å²) in [5.74, 6) is -1.19. The van der Waals surface area contributed by atoms with Gasteiger partial charge in [0.15, 0.2) is 0 Å². The third-order valence-electron chi connectivity index (χ3n) is 5.31. The molecule has 0 aromatic heterocycles. The Morgan fingerprint density at radius 1 is 0.909 bits per heavy atom. The molecule has 4 nitrogen and oxygen atoms in total. The first kappa shape index (κ1) is 24.0. The number of aromatic carboxylic acids is 1. The van der Waals surface area contributed by atoms with Crippen LogP contribution in [0.5, 0.6) is 0 Å². The number of carboxylic acid groups (broad SMARTS) is 1. The van der Waals surface area contributed by atoms with Crippen LogP contribution in [0.4, 0.5) is 18.9 Å². The number of halogens is 3. The molecule has 3 aromatic carbocycles. The smallest absolute Gasteiger partial charge is 0.416 e. The number of carbonyl (C=O) groups is 2. The van der Waals surface area contributed by atoms with Gasteiger partial charge in [-0.3, -0.25) is 4.79 Å². The molecule has 0 saturated carbocycles. The molecule has 0 aliphatic rings. The Labute approximate surface area is 190 Å². The van der Waals surface area contributed by atoms with Crippen LogP contribution < -0.4 is 4.90 Å². The van der Waals surface area contributed by atoms with Crippen LogP contribution in [0, 0.1) is 0 Å². The van der Waals surface area contributed by atoms with Crippen LogP contribution in [-0.4, -0.2) is 17.0 Å². The topological polar surface area (TPSA) is 57.6 Å². The Balaban J connectivity index is 1.87. The average Bonchev–Trinajstić information content (AvgIpc) is 2.81. The van der Waals surface area contributed by atoms with Crippen LogP contribution in [0.2, 0.25) is 0 Å². The summed E-state index contributed by atoms with van der Waals surface area (Å²) in [6.07, 6.45) is -2.65. The molecule has 7 heteroatoms. The van der Waals surface area contributed by atoms with E-state index < -0.39 is 17.7 Å². The largest absolute Gasteiger partial charge is 0.478 e. The van der Waals surface area contributed by atoms with Gasteiger partial charge in [-0.15, -0.1) is 0 Å². The second kappa shape index (κ2) is 10.3. The molecular weight excluding hydrogens is 431 g/mol.